The van der Waals surface area contributed by atoms with E-state index in [-0.39, 0.29) is 5.91 Å². The zero-order chi connectivity index (χ0) is 13.5. The van der Waals surface area contributed by atoms with Gasteiger partial charge < -0.3 is 11.1 Å². The van der Waals surface area contributed by atoms with Crippen LogP contribution in [0, 0.1) is 5.92 Å². The van der Waals surface area contributed by atoms with Crippen LogP contribution in [0.25, 0.3) is 0 Å². The second kappa shape index (κ2) is 7.11. The highest BCUT2D eigenvalue weighted by Crippen LogP contribution is 2.13. The first kappa shape index (κ1) is 14.6. The van der Waals surface area contributed by atoms with Gasteiger partial charge in [-0.15, -0.1) is 0 Å². The average molecular weight is 264 g/mol. The van der Waals surface area contributed by atoms with Gasteiger partial charge in [-0.25, -0.2) is 0 Å². The fraction of sp³-hybridized carbons (Fsp3) is 0.429. The minimum absolute atomic E-state index is 0.0615. The zero-order valence-electron chi connectivity index (χ0n) is 10.9. The van der Waals surface area contributed by atoms with Crippen molar-refractivity contribution < 1.29 is 4.79 Å². The second-order valence-electron chi connectivity index (χ2n) is 4.61. The molecule has 18 heavy (non-hydrogen) atoms. The summed E-state index contributed by atoms with van der Waals surface area (Å²) in [5, 5.41) is 2.88. The quantitative estimate of drug-likeness (QED) is 0.777. The molecule has 1 amide bonds. The van der Waals surface area contributed by atoms with Crippen LogP contribution in [0.3, 0.4) is 0 Å². The molecule has 0 aliphatic carbocycles. The van der Waals surface area contributed by atoms with Gasteiger partial charge in [0.2, 0.25) is 5.91 Å². The fourth-order valence-electron chi connectivity index (χ4n) is 1.58. The molecule has 3 N–H and O–H groups in total. The monoisotopic (exact) mass is 264 g/mol. The third-order valence-electron chi connectivity index (χ3n) is 2.85. The maximum atomic E-state index is 11.7. The predicted molar refractivity (Wildman–Crippen MR) is 79.6 cm³/mol. The molecule has 4 heteroatoms. The Balaban J connectivity index is 2.53. The number of carbonyl (C=O) groups is 1. The van der Waals surface area contributed by atoms with Crippen LogP contribution in [0.5, 0.6) is 0 Å². The molecule has 1 rings (SSSR count). The van der Waals surface area contributed by atoms with Crippen LogP contribution in [0.2, 0.25) is 0 Å². The van der Waals surface area contributed by atoms with E-state index in [1.807, 2.05) is 24.3 Å². The maximum absolute atomic E-state index is 11.7. The van der Waals surface area contributed by atoms with Crippen molar-refractivity contribution in [1.82, 2.24) is 0 Å². The van der Waals surface area contributed by atoms with E-state index >= 15 is 0 Å². The van der Waals surface area contributed by atoms with E-state index in [0.29, 0.717) is 23.7 Å². The molecule has 0 spiro atoms. The predicted octanol–water partition coefficient (Wildman–Crippen LogP) is 2.89. The number of amides is 1. The van der Waals surface area contributed by atoms with Gasteiger partial charge in [0, 0.05) is 18.5 Å². The van der Waals surface area contributed by atoms with Crippen LogP contribution in [-0.2, 0) is 11.2 Å². The highest BCUT2D eigenvalue weighted by molar-refractivity contribution is 7.80. The molecule has 0 saturated carbocycles. The molecular formula is C14H20N2OS. The van der Waals surface area contributed by atoms with Crippen molar-refractivity contribution in [2.45, 2.75) is 33.1 Å². The van der Waals surface area contributed by atoms with Gasteiger partial charge in [-0.05, 0) is 23.6 Å². The third kappa shape index (κ3) is 5.27. The summed E-state index contributed by atoms with van der Waals surface area (Å²) in [6.07, 6.45) is 2.17. The van der Waals surface area contributed by atoms with E-state index in [4.69, 9.17) is 18.0 Å². The number of nitrogens with one attached hydrogen (secondary N) is 1. The number of hydrogen-bond donors (Lipinski definition) is 2. The summed E-state index contributed by atoms with van der Waals surface area (Å²) in [5.74, 6) is 0.477. The number of nitrogens with two attached hydrogens (primary N) is 1. The van der Waals surface area contributed by atoms with Crippen molar-refractivity contribution in [1.29, 1.82) is 0 Å². The molecule has 0 heterocycles. The van der Waals surface area contributed by atoms with Crippen molar-refractivity contribution in [3.8, 4) is 0 Å². The lowest BCUT2D eigenvalue weighted by molar-refractivity contribution is -0.117. The second-order valence-corrected chi connectivity index (χ2v) is 5.13. The van der Waals surface area contributed by atoms with E-state index in [1.165, 1.54) is 0 Å². The Labute approximate surface area is 114 Å². The number of hydrogen-bond acceptors (Lipinski definition) is 2. The zero-order valence-corrected chi connectivity index (χ0v) is 11.7. The van der Waals surface area contributed by atoms with Crippen molar-refractivity contribution in [2.24, 2.45) is 11.7 Å². The highest BCUT2D eigenvalue weighted by Gasteiger charge is 2.07. The minimum Gasteiger partial charge on any atom is -0.393 e. The molecule has 1 aromatic rings. The number of thiocarbonyl (C=S) groups is 1. The summed E-state index contributed by atoms with van der Waals surface area (Å²) in [6.45, 7) is 4.16. The van der Waals surface area contributed by atoms with E-state index in [9.17, 15) is 4.79 Å². The Morgan fingerprint density at radius 2 is 2.00 bits per heavy atom. The molecule has 1 atom stereocenters. The highest BCUT2D eigenvalue weighted by atomic mass is 32.1. The molecule has 0 fully saturated rings. The Kier molecular flexibility index (Phi) is 5.78. The van der Waals surface area contributed by atoms with Gasteiger partial charge in [-0.2, -0.15) is 0 Å². The largest absolute Gasteiger partial charge is 0.393 e. The number of carbonyl (C=O) groups excluding carboxylic acids is 1. The van der Waals surface area contributed by atoms with Crippen LogP contribution >= 0.6 is 12.2 Å². The first-order valence-corrected chi connectivity index (χ1v) is 6.59. The van der Waals surface area contributed by atoms with Gasteiger partial charge in [0.05, 0.1) is 4.99 Å². The summed E-state index contributed by atoms with van der Waals surface area (Å²) < 4.78 is 0. The number of rotatable bonds is 6. The van der Waals surface area contributed by atoms with Crippen molar-refractivity contribution >= 4 is 28.8 Å². The molecule has 3 nitrogen and oxygen atoms in total. The molecule has 98 valence electrons. The first-order chi connectivity index (χ1) is 8.51. The molecule has 0 bridgehead atoms. The van der Waals surface area contributed by atoms with Gasteiger partial charge in [-0.3, -0.25) is 4.79 Å². The van der Waals surface area contributed by atoms with Crippen LogP contribution in [0.1, 0.15) is 32.3 Å². The lowest BCUT2D eigenvalue weighted by atomic mass is 10.0. The maximum Gasteiger partial charge on any atom is 0.224 e. The normalized spacial score (nSPS) is 11.9. The smallest absolute Gasteiger partial charge is 0.224 e. The molecule has 0 radical (unpaired) electrons. The van der Waals surface area contributed by atoms with Gasteiger partial charge in [0.15, 0.2) is 0 Å². The van der Waals surface area contributed by atoms with Gasteiger partial charge >= 0.3 is 0 Å². The van der Waals surface area contributed by atoms with Crippen LogP contribution in [0.15, 0.2) is 24.3 Å². The molecule has 1 aromatic carbocycles. The summed E-state index contributed by atoms with van der Waals surface area (Å²) in [7, 11) is 0. The topological polar surface area (TPSA) is 55.1 Å². The Morgan fingerprint density at radius 1 is 1.39 bits per heavy atom. The average Bonchev–Trinajstić information content (AvgIpc) is 2.30. The summed E-state index contributed by atoms with van der Waals surface area (Å²) in [6, 6.07) is 7.61. The molecule has 1 unspecified atom stereocenters. The van der Waals surface area contributed by atoms with Gasteiger partial charge in [-0.1, -0.05) is 44.6 Å². The molecular weight excluding hydrogens is 244 g/mol. The van der Waals surface area contributed by atoms with Crippen molar-refractivity contribution in [2.75, 3.05) is 5.32 Å². The lowest BCUT2D eigenvalue weighted by Gasteiger charge is -2.09. The standard InChI is InChI=1S/C14H20N2OS/c1-3-10(2)8-14(17)16-12-6-4-11(5-7-12)9-13(15)18/h4-7,10H,3,8-9H2,1-2H3,(H2,15,18)(H,16,17). The van der Waals surface area contributed by atoms with Crippen LogP contribution in [-0.4, -0.2) is 10.9 Å². The molecule has 0 aliphatic heterocycles. The Bertz CT molecular complexity index is 414. The third-order valence-corrected chi connectivity index (χ3v) is 2.99. The SMILES string of the molecule is CCC(C)CC(=O)Nc1ccc(CC(N)=S)cc1. The molecule has 0 aromatic heterocycles. The molecule has 0 saturated heterocycles. The van der Waals surface area contributed by atoms with Crippen molar-refractivity contribution in [3.05, 3.63) is 29.8 Å². The van der Waals surface area contributed by atoms with E-state index < -0.39 is 0 Å². The van der Waals surface area contributed by atoms with E-state index in [1.54, 1.807) is 0 Å². The first-order valence-electron chi connectivity index (χ1n) is 6.18. The summed E-state index contributed by atoms with van der Waals surface area (Å²) in [4.78, 5) is 12.2. The van der Waals surface area contributed by atoms with Crippen molar-refractivity contribution in [3.63, 3.8) is 0 Å². The Hall–Kier alpha value is -1.42. The summed E-state index contributed by atoms with van der Waals surface area (Å²) >= 11 is 4.85. The molecule has 0 aliphatic rings. The van der Waals surface area contributed by atoms with E-state index in [2.05, 4.69) is 19.2 Å². The number of benzene rings is 1. The van der Waals surface area contributed by atoms with Gasteiger partial charge in [0.1, 0.15) is 0 Å². The summed E-state index contributed by atoms with van der Waals surface area (Å²) in [5.41, 5.74) is 7.35. The van der Waals surface area contributed by atoms with Gasteiger partial charge in [0.25, 0.3) is 0 Å². The van der Waals surface area contributed by atoms with Crippen LogP contribution < -0.4 is 11.1 Å². The Morgan fingerprint density at radius 3 is 2.50 bits per heavy atom. The number of anilines is 1. The van der Waals surface area contributed by atoms with Crippen LogP contribution in [0.4, 0.5) is 5.69 Å². The minimum atomic E-state index is 0.0615. The lowest BCUT2D eigenvalue weighted by Crippen LogP contribution is -2.15. The fourth-order valence-corrected chi connectivity index (χ4v) is 1.75. The van der Waals surface area contributed by atoms with E-state index in [0.717, 1.165) is 17.7 Å².